The number of aromatic nitrogens is 1. The van der Waals surface area contributed by atoms with Crippen molar-refractivity contribution in [2.24, 2.45) is 0 Å². The van der Waals surface area contributed by atoms with Crippen molar-refractivity contribution in [1.29, 1.82) is 0 Å². The minimum absolute atomic E-state index is 0.114. The van der Waals surface area contributed by atoms with Crippen LogP contribution in [0.5, 0.6) is 0 Å². The van der Waals surface area contributed by atoms with Crippen LogP contribution in [-0.4, -0.2) is 10.9 Å². The molecule has 0 aliphatic heterocycles. The number of aryl methyl sites for hydroxylation is 2. The smallest absolute Gasteiger partial charge is 0.256 e. The minimum Gasteiger partial charge on any atom is -0.322 e. The molecule has 3 aromatic rings. The van der Waals surface area contributed by atoms with Crippen LogP contribution in [0, 0.1) is 13.8 Å². The highest BCUT2D eigenvalue weighted by Gasteiger charge is 2.10. The van der Waals surface area contributed by atoms with Crippen LogP contribution < -0.4 is 5.32 Å². The standard InChI is InChI=1S/C18H16N2O/c1-12-8-9-14(11-13(12)2)20-18(21)16-5-3-7-17-15(16)6-4-10-19-17/h3-11H,1-2H3,(H,20,21). The summed E-state index contributed by atoms with van der Waals surface area (Å²) in [7, 11) is 0. The molecule has 0 atom stereocenters. The lowest BCUT2D eigenvalue weighted by Gasteiger charge is -2.09. The molecule has 0 saturated carbocycles. The molecular weight excluding hydrogens is 260 g/mol. The molecule has 0 fully saturated rings. The van der Waals surface area contributed by atoms with Crippen molar-refractivity contribution < 1.29 is 4.79 Å². The normalized spacial score (nSPS) is 10.6. The third-order valence-electron chi connectivity index (χ3n) is 3.66. The molecule has 1 N–H and O–H groups in total. The summed E-state index contributed by atoms with van der Waals surface area (Å²) in [6.07, 6.45) is 1.73. The maximum absolute atomic E-state index is 12.5. The van der Waals surface area contributed by atoms with E-state index in [1.165, 1.54) is 5.56 Å². The molecule has 104 valence electrons. The highest BCUT2D eigenvalue weighted by Crippen LogP contribution is 2.19. The zero-order valence-electron chi connectivity index (χ0n) is 12.1. The molecule has 3 heteroatoms. The number of fused-ring (bicyclic) bond motifs is 1. The van der Waals surface area contributed by atoms with E-state index in [9.17, 15) is 4.79 Å². The van der Waals surface area contributed by atoms with Gasteiger partial charge in [-0.25, -0.2) is 0 Å². The Morgan fingerprint density at radius 1 is 1.00 bits per heavy atom. The van der Waals surface area contributed by atoms with Gasteiger partial charge in [-0.05, 0) is 55.3 Å². The molecule has 0 unspecified atom stereocenters. The molecule has 1 amide bonds. The number of hydrogen-bond acceptors (Lipinski definition) is 2. The van der Waals surface area contributed by atoms with Gasteiger partial charge in [0.15, 0.2) is 0 Å². The van der Waals surface area contributed by atoms with Crippen molar-refractivity contribution in [1.82, 2.24) is 4.98 Å². The van der Waals surface area contributed by atoms with E-state index < -0.39 is 0 Å². The topological polar surface area (TPSA) is 42.0 Å². The van der Waals surface area contributed by atoms with E-state index in [0.29, 0.717) is 5.56 Å². The number of carbonyl (C=O) groups is 1. The van der Waals surface area contributed by atoms with E-state index in [0.717, 1.165) is 22.2 Å². The largest absolute Gasteiger partial charge is 0.322 e. The van der Waals surface area contributed by atoms with E-state index in [1.807, 2.05) is 55.5 Å². The Kier molecular flexibility index (Phi) is 3.40. The third-order valence-corrected chi connectivity index (χ3v) is 3.66. The lowest BCUT2D eigenvalue weighted by molar-refractivity contribution is 0.102. The van der Waals surface area contributed by atoms with E-state index in [1.54, 1.807) is 6.20 Å². The summed E-state index contributed by atoms with van der Waals surface area (Å²) in [5.41, 5.74) is 4.64. The minimum atomic E-state index is -0.114. The highest BCUT2D eigenvalue weighted by atomic mass is 16.1. The first kappa shape index (κ1) is 13.3. The van der Waals surface area contributed by atoms with Crippen LogP contribution in [0.4, 0.5) is 5.69 Å². The van der Waals surface area contributed by atoms with Gasteiger partial charge in [0, 0.05) is 22.8 Å². The van der Waals surface area contributed by atoms with Crippen LogP contribution in [-0.2, 0) is 0 Å². The fraction of sp³-hybridized carbons (Fsp3) is 0.111. The van der Waals surface area contributed by atoms with E-state index in [2.05, 4.69) is 17.2 Å². The number of pyridine rings is 1. The van der Waals surface area contributed by atoms with E-state index in [-0.39, 0.29) is 5.91 Å². The van der Waals surface area contributed by atoms with Gasteiger partial charge in [-0.15, -0.1) is 0 Å². The summed E-state index contributed by atoms with van der Waals surface area (Å²) in [6.45, 7) is 4.09. The number of amides is 1. The number of hydrogen-bond donors (Lipinski definition) is 1. The zero-order valence-corrected chi connectivity index (χ0v) is 12.1. The molecule has 0 aliphatic carbocycles. The van der Waals surface area contributed by atoms with Gasteiger partial charge in [0.25, 0.3) is 5.91 Å². The van der Waals surface area contributed by atoms with Crippen molar-refractivity contribution in [2.45, 2.75) is 13.8 Å². The van der Waals surface area contributed by atoms with Gasteiger partial charge in [0.2, 0.25) is 0 Å². The van der Waals surface area contributed by atoms with Crippen LogP contribution in [0.3, 0.4) is 0 Å². The van der Waals surface area contributed by atoms with Crippen LogP contribution in [0.15, 0.2) is 54.7 Å². The van der Waals surface area contributed by atoms with Crippen molar-refractivity contribution in [3.8, 4) is 0 Å². The summed E-state index contributed by atoms with van der Waals surface area (Å²) in [5, 5.41) is 3.81. The molecule has 0 saturated heterocycles. The Labute approximate surface area is 123 Å². The molecule has 2 aromatic carbocycles. The van der Waals surface area contributed by atoms with Crippen LogP contribution >= 0.6 is 0 Å². The molecule has 1 aromatic heterocycles. The summed E-state index contributed by atoms with van der Waals surface area (Å²) in [4.78, 5) is 16.8. The lowest BCUT2D eigenvalue weighted by atomic mass is 10.1. The van der Waals surface area contributed by atoms with Crippen molar-refractivity contribution in [2.75, 3.05) is 5.32 Å². The number of nitrogens with one attached hydrogen (secondary N) is 1. The molecular formula is C18H16N2O. The summed E-state index contributed by atoms with van der Waals surface area (Å²) in [5.74, 6) is -0.114. The first-order valence-corrected chi connectivity index (χ1v) is 6.87. The highest BCUT2D eigenvalue weighted by molar-refractivity contribution is 6.12. The summed E-state index contributed by atoms with van der Waals surface area (Å²) >= 11 is 0. The van der Waals surface area contributed by atoms with Gasteiger partial charge >= 0.3 is 0 Å². The second-order valence-electron chi connectivity index (χ2n) is 5.13. The molecule has 1 heterocycles. The Hall–Kier alpha value is -2.68. The Bertz CT molecular complexity index is 819. The first-order chi connectivity index (χ1) is 10.1. The Morgan fingerprint density at radius 3 is 2.67 bits per heavy atom. The summed E-state index contributed by atoms with van der Waals surface area (Å²) in [6, 6.07) is 15.2. The van der Waals surface area contributed by atoms with Gasteiger partial charge in [-0.3, -0.25) is 9.78 Å². The number of anilines is 1. The fourth-order valence-corrected chi connectivity index (χ4v) is 2.32. The molecule has 21 heavy (non-hydrogen) atoms. The maximum Gasteiger partial charge on any atom is 0.256 e. The monoisotopic (exact) mass is 276 g/mol. The lowest BCUT2D eigenvalue weighted by Crippen LogP contribution is -2.12. The second-order valence-corrected chi connectivity index (χ2v) is 5.13. The molecule has 3 rings (SSSR count). The van der Waals surface area contributed by atoms with Crippen LogP contribution in [0.1, 0.15) is 21.5 Å². The predicted molar refractivity (Wildman–Crippen MR) is 85.6 cm³/mol. The maximum atomic E-state index is 12.5. The molecule has 0 spiro atoms. The van der Waals surface area contributed by atoms with Gasteiger partial charge < -0.3 is 5.32 Å². The molecule has 0 radical (unpaired) electrons. The van der Waals surface area contributed by atoms with E-state index in [4.69, 9.17) is 0 Å². The zero-order chi connectivity index (χ0) is 14.8. The Morgan fingerprint density at radius 2 is 1.86 bits per heavy atom. The van der Waals surface area contributed by atoms with Gasteiger partial charge in [-0.2, -0.15) is 0 Å². The Balaban J connectivity index is 1.95. The second kappa shape index (κ2) is 5.37. The fourth-order valence-electron chi connectivity index (χ4n) is 2.32. The first-order valence-electron chi connectivity index (χ1n) is 6.87. The summed E-state index contributed by atoms with van der Waals surface area (Å²) < 4.78 is 0. The molecule has 0 bridgehead atoms. The molecule has 0 aliphatic rings. The average Bonchev–Trinajstić information content (AvgIpc) is 2.50. The quantitative estimate of drug-likeness (QED) is 0.765. The number of nitrogens with zero attached hydrogens (tertiary/aromatic N) is 1. The third kappa shape index (κ3) is 2.63. The van der Waals surface area contributed by atoms with Crippen molar-refractivity contribution in [3.63, 3.8) is 0 Å². The van der Waals surface area contributed by atoms with Crippen LogP contribution in [0.25, 0.3) is 10.9 Å². The van der Waals surface area contributed by atoms with Gasteiger partial charge in [-0.1, -0.05) is 18.2 Å². The van der Waals surface area contributed by atoms with E-state index >= 15 is 0 Å². The van der Waals surface area contributed by atoms with Gasteiger partial charge in [0.1, 0.15) is 0 Å². The van der Waals surface area contributed by atoms with Crippen molar-refractivity contribution in [3.05, 3.63) is 71.4 Å². The number of rotatable bonds is 2. The predicted octanol–water partition coefficient (Wildman–Crippen LogP) is 4.10. The number of benzene rings is 2. The number of carbonyl (C=O) groups excluding carboxylic acids is 1. The molecule has 3 nitrogen and oxygen atoms in total. The van der Waals surface area contributed by atoms with Crippen molar-refractivity contribution >= 4 is 22.5 Å². The van der Waals surface area contributed by atoms with Crippen LogP contribution in [0.2, 0.25) is 0 Å². The average molecular weight is 276 g/mol. The SMILES string of the molecule is Cc1ccc(NC(=O)c2cccc3ncccc23)cc1C. The van der Waals surface area contributed by atoms with Gasteiger partial charge in [0.05, 0.1) is 5.52 Å².